The molecule has 1 heterocycles. The van der Waals surface area contributed by atoms with Crippen LogP contribution in [0, 0.1) is 17.0 Å². The van der Waals surface area contributed by atoms with E-state index in [4.69, 9.17) is 4.74 Å². The molecule has 0 aliphatic rings. The van der Waals surface area contributed by atoms with Gasteiger partial charge in [-0.3, -0.25) is 10.1 Å². The number of fused-ring (bicyclic) bond motifs is 1. The van der Waals surface area contributed by atoms with Gasteiger partial charge in [-0.15, -0.1) is 0 Å². The van der Waals surface area contributed by atoms with E-state index in [0.717, 1.165) is 22.2 Å². The quantitative estimate of drug-likeness (QED) is 0.581. The average Bonchev–Trinajstić information content (AvgIpc) is 2.93. The van der Waals surface area contributed by atoms with Crippen LogP contribution in [0.1, 0.15) is 11.1 Å². The Kier molecular flexibility index (Phi) is 3.31. The number of H-pyrrole nitrogens is 1. The number of hydrogen-bond acceptors (Lipinski definition) is 3. The van der Waals surface area contributed by atoms with Gasteiger partial charge in [0.2, 0.25) is 0 Å². The topological polar surface area (TPSA) is 68.2 Å². The zero-order valence-corrected chi connectivity index (χ0v) is 11.5. The molecule has 3 aromatic rings. The summed E-state index contributed by atoms with van der Waals surface area (Å²) in [6, 6.07) is 12.8. The lowest BCUT2D eigenvalue weighted by Gasteiger charge is -2.09. The van der Waals surface area contributed by atoms with Crippen molar-refractivity contribution in [3.05, 3.63) is 69.9 Å². The molecular weight excluding hydrogens is 268 g/mol. The maximum atomic E-state index is 10.9. The van der Waals surface area contributed by atoms with Gasteiger partial charge in [0.05, 0.1) is 4.92 Å². The Morgan fingerprint density at radius 1 is 1.24 bits per heavy atom. The second-order valence-electron chi connectivity index (χ2n) is 4.83. The smallest absolute Gasteiger partial charge is 0.272 e. The van der Waals surface area contributed by atoms with Crippen molar-refractivity contribution in [2.45, 2.75) is 13.5 Å². The number of nitro benzene ring substituents is 1. The summed E-state index contributed by atoms with van der Waals surface area (Å²) < 4.78 is 5.75. The number of aromatic nitrogens is 1. The van der Waals surface area contributed by atoms with Crippen LogP contribution < -0.4 is 4.74 Å². The molecule has 0 fully saturated rings. The number of nitrogens with one attached hydrogen (secondary N) is 1. The molecule has 3 rings (SSSR count). The van der Waals surface area contributed by atoms with E-state index < -0.39 is 0 Å². The number of rotatable bonds is 4. The first-order valence-electron chi connectivity index (χ1n) is 6.58. The maximum absolute atomic E-state index is 10.9. The van der Waals surface area contributed by atoms with Crippen LogP contribution in [-0.4, -0.2) is 9.91 Å². The van der Waals surface area contributed by atoms with Gasteiger partial charge in [-0.05, 0) is 36.8 Å². The Hall–Kier alpha value is -2.82. The number of benzene rings is 2. The van der Waals surface area contributed by atoms with E-state index in [2.05, 4.69) is 4.98 Å². The molecule has 0 spiro atoms. The predicted molar refractivity (Wildman–Crippen MR) is 80.5 cm³/mol. The van der Waals surface area contributed by atoms with E-state index in [1.807, 2.05) is 36.5 Å². The van der Waals surface area contributed by atoms with Crippen LogP contribution in [-0.2, 0) is 6.61 Å². The molecule has 0 bridgehead atoms. The van der Waals surface area contributed by atoms with Crippen LogP contribution in [0.25, 0.3) is 10.9 Å². The average molecular weight is 282 g/mol. The first-order valence-corrected chi connectivity index (χ1v) is 6.58. The summed E-state index contributed by atoms with van der Waals surface area (Å²) in [4.78, 5) is 13.7. The van der Waals surface area contributed by atoms with Gasteiger partial charge < -0.3 is 9.72 Å². The Balaban J connectivity index is 1.81. The van der Waals surface area contributed by atoms with Gasteiger partial charge in [-0.2, -0.15) is 0 Å². The minimum absolute atomic E-state index is 0.122. The van der Waals surface area contributed by atoms with E-state index in [1.54, 1.807) is 13.0 Å². The second kappa shape index (κ2) is 5.28. The lowest BCUT2D eigenvalue weighted by atomic mass is 10.1. The molecule has 0 aliphatic carbocycles. The lowest BCUT2D eigenvalue weighted by Crippen LogP contribution is -2.00. The van der Waals surface area contributed by atoms with E-state index in [1.165, 1.54) is 6.07 Å². The molecule has 21 heavy (non-hydrogen) atoms. The van der Waals surface area contributed by atoms with Crippen molar-refractivity contribution in [1.82, 2.24) is 4.98 Å². The fraction of sp³-hybridized carbons (Fsp3) is 0.125. The van der Waals surface area contributed by atoms with Gasteiger partial charge in [0, 0.05) is 28.7 Å². The monoisotopic (exact) mass is 282 g/mol. The molecule has 5 nitrogen and oxygen atoms in total. The summed E-state index contributed by atoms with van der Waals surface area (Å²) in [6.07, 6.45) is 1.87. The molecule has 5 heteroatoms. The van der Waals surface area contributed by atoms with E-state index in [9.17, 15) is 10.1 Å². The molecule has 106 valence electrons. The standard InChI is InChI=1S/C16H14N2O3/c1-11-13(3-2-4-16(11)18(19)20)10-21-14-5-6-15-12(9-14)7-8-17-15/h2-9,17H,10H2,1H3. The Bertz CT molecular complexity index is 808. The van der Waals surface area contributed by atoms with Gasteiger partial charge in [0.25, 0.3) is 5.69 Å². The van der Waals surface area contributed by atoms with Crippen molar-refractivity contribution in [3.8, 4) is 5.75 Å². The Labute approximate surface area is 121 Å². The first kappa shape index (κ1) is 13.2. The first-order chi connectivity index (χ1) is 10.1. The third-order valence-electron chi connectivity index (χ3n) is 3.53. The van der Waals surface area contributed by atoms with Crippen molar-refractivity contribution in [1.29, 1.82) is 0 Å². The summed E-state index contributed by atoms with van der Waals surface area (Å²) >= 11 is 0. The predicted octanol–water partition coefficient (Wildman–Crippen LogP) is 3.96. The molecule has 0 amide bonds. The fourth-order valence-electron chi connectivity index (χ4n) is 2.31. The van der Waals surface area contributed by atoms with Crippen molar-refractivity contribution in [2.24, 2.45) is 0 Å². The van der Waals surface area contributed by atoms with Gasteiger partial charge >= 0.3 is 0 Å². The molecular formula is C16H14N2O3. The molecule has 1 aromatic heterocycles. The van der Waals surface area contributed by atoms with E-state index >= 15 is 0 Å². The zero-order chi connectivity index (χ0) is 14.8. The number of ether oxygens (including phenoxy) is 1. The van der Waals surface area contributed by atoms with Crippen LogP contribution in [0.15, 0.2) is 48.7 Å². The van der Waals surface area contributed by atoms with Crippen molar-refractivity contribution >= 4 is 16.6 Å². The number of nitro groups is 1. The Morgan fingerprint density at radius 2 is 2.10 bits per heavy atom. The summed E-state index contributed by atoms with van der Waals surface area (Å²) in [5.41, 5.74) is 2.63. The number of hydrogen-bond donors (Lipinski definition) is 1. The molecule has 0 radical (unpaired) electrons. The summed E-state index contributed by atoms with van der Waals surface area (Å²) in [7, 11) is 0. The van der Waals surface area contributed by atoms with Crippen LogP contribution >= 0.6 is 0 Å². The summed E-state index contributed by atoms with van der Waals surface area (Å²) in [5, 5.41) is 12.0. The third kappa shape index (κ3) is 2.58. The third-order valence-corrected chi connectivity index (χ3v) is 3.53. The minimum atomic E-state index is -0.370. The van der Waals surface area contributed by atoms with Gasteiger partial charge in [-0.1, -0.05) is 12.1 Å². The maximum Gasteiger partial charge on any atom is 0.272 e. The number of aromatic amines is 1. The molecule has 0 saturated carbocycles. The SMILES string of the molecule is Cc1c(COc2ccc3[nH]ccc3c2)cccc1[N+](=O)[O-]. The highest BCUT2D eigenvalue weighted by Gasteiger charge is 2.13. The molecule has 0 unspecified atom stereocenters. The van der Waals surface area contributed by atoms with Crippen molar-refractivity contribution in [3.63, 3.8) is 0 Å². The highest BCUT2D eigenvalue weighted by Crippen LogP contribution is 2.24. The van der Waals surface area contributed by atoms with E-state index in [-0.39, 0.29) is 10.6 Å². The van der Waals surface area contributed by atoms with Crippen molar-refractivity contribution in [2.75, 3.05) is 0 Å². The van der Waals surface area contributed by atoms with Gasteiger partial charge in [0.15, 0.2) is 0 Å². The zero-order valence-electron chi connectivity index (χ0n) is 11.5. The Morgan fingerprint density at radius 3 is 2.90 bits per heavy atom. The highest BCUT2D eigenvalue weighted by molar-refractivity contribution is 5.80. The van der Waals surface area contributed by atoms with Crippen LogP contribution in [0.2, 0.25) is 0 Å². The van der Waals surface area contributed by atoms with E-state index in [0.29, 0.717) is 12.2 Å². The summed E-state index contributed by atoms with van der Waals surface area (Å²) in [5.74, 6) is 0.744. The molecule has 0 aliphatic heterocycles. The highest BCUT2D eigenvalue weighted by atomic mass is 16.6. The van der Waals surface area contributed by atoms with Crippen molar-refractivity contribution < 1.29 is 9.66 Å². The summed E-state index contributed by atoms with van der Waals surface area (Å²) in [6.45, 7) is 2.05. The van der Waals surface area contributed by atoms with Crippen LogP contribution in [0.5, 0.6) is 5.75 Å². The second-order valence-corrected chi connectivity index (χ2v) is 4.83. The fourth-order valence-corrected chi connectivity index (χ4v) is 2.31. The van der Waals surface area contributed by atoms with Crippen LogP contribution in [0.4, 0.5) is 5.69 Å². The normalized spacial score (nSPS) is 10.7. The van der Waals surface area contributed by atoms with Gasteiger partial charge in [-0.25, -0.2) is 0 Å². The molecule has 0 atom stereocenters. The molecule has 0 saturated heterocycles. The van der Waals surface area contributed by atoms with Gasteiger partial charge in [0.1, 0.15) is 12.4 Å². The lowest BCUT2D eigenvalue weighted by molar-refractivity contribution is -0.385. The minimum Gasteiger partial charge on any atom is -0.489 e. The number of nitrogens with zero attached hydrogens (tertiary/aromatic N) is 1. The molecule has 1 N–H and O–H groups in total. The molecule has 2 aromatic carbocycles. The van der Waals surface area contributed by atoms with Crippen LogP contribution in [0.3, 0.4) is 0 Å². The largest absolute Gasteiger partial charge is 0.489 e.